The number of carbonyl (C=O) groups is 4. The number of nitrogens with one attached hydrogen (secondary N) is 4. The van der Waals surface area contributed by atoms with E-state index in [4.69, 9.17) is 9.47 Å². The van der Waals surface area contributed by atoms with Crippen molar-refractivity contribution in [1.29, 1.82) is 0 Å². The van der Waals surface area contributed by atoms with Crippen molar-refractivity contribution in [3.8, 4) is 34.5 Å². The number of phenols is 2. The minimum absolute atomic E-state index is 0.0168. The van der Waals surface area contributed by atoms with Crippen LogP contribution in [-0.2, 0) is 44.9 Å². The third-order valence-corrected chi connectivity index (χ3v) is 16.9. The monoisotopic (exact) mass is 1320 g/mol. The lowest BCUT2D eigenvalue weighted by Gasteiger charge is -2.14. The van der Waals surface area contributed by atoms with Crippen LogP contribution in [0.2, 0.25) is 0 Å². The lowest BCUT2D eigenvalue weighted by molar-refractivity contribution is -0.115. The zero-order chi connectivity index (χ0) is 52.2. The zero-order valence-electron chi connectivity index (χ0n) is 37.3. The van der Waals surface area contributed by atoms with Crippen molar-refractivity contribution in [2.75, 3.05) is 49.2 Å². The molecule has 3 aliphatic rings. The second-order valence-electron chi connectivity index (χ2n) is 14.8. The van der Waals surface area contributed by atoms with Crippen molar-refractivity contribution in [2.24, 2.45) is 20.6 Å². The molecule has 4 amide bonds. The Labute approximate surface area is 461 Å². The standard InChI is InChI=1S/C44H44Br4N8O12S4/c45-27-13-23-1-3-35(27)67-37-21-25(15-29(47)39(37)57)19-33(55-65)43(61)51-7-11-71-72-12-8-52-44(62)34(56-66)20-26-16-30(48)40(58)38(22-26)68-36-4-2-24(14-28(36)46)18-32(54-64)42(60)50-6-10-70-69-9-5-49-41(59)31(17-23)53-63/h1-4,13-16,21-22,57-58,63-66H,5-12,17-20H2,(H,49,59)(H,50,60)(H,51,61)(H,52,62). The highest BCUT2D eigenvalue weighted by Gasteiger charge is 2.21. The molecule has 3 aliphatic heterocycles. The molecule has 4 aromatic rings. The number of fused-ring (bicyclic) bond motifs is 2. The average molecular weight is 1320 g/mol. The van der Waals surface area contributed by atoms with Crippen molar-refractivity contribution in [1.82, 2.24) is 21.3 Å². The van der Waals surface area contributed by atoms with Gasteiger partial charge in [-0.3, -0.25) is 19.2 Å². The summed E-state index contributed by atoms with van der Waals surface area (Å²) in [5.74, 6) is -0.385. The van der Waals surface area contributed by atoms with Gasteiger partial charge >= 0.3 is 0 Å². The number of ether oxygens (including phenoxy) is 2. The first-order valence-electron chi connectivity index (χ1n) is 21.0. The minimum atomic E-state index is -0.623. The molecule has 10 N–H and O–H groups in total. The molecule has 8 bridgehead atoms. The maximum atomic E-state index is 13.0. The number of aromatic hydroxyl groups is 2. The van der Waals surface area contributed by atoms with Crippen LogP contribution < -0.4 is 30.7 Å². The molecule has 0 saturated carbocycles. The van der Waals surface area contributed by atoms with E-state index in [9.17, 15) is 50.2 Å². The quantitative estimate of drug-likeness (QED) is 0.0451. The Morgan fingerprint density at radius 2 is 0.681 bits per heavy atom. The molecule has 0 radical (unpaired) electrons. The van der Waals surface area contributed by atoms with Gasteiger partial charge in [0.2, 0.25) is 0 Å². The number of carbonyl (C=O) groups excluding carboxylic acids is 4. The molecule has 0 spiro atoms. The summed E-state index contributed by atoms with van der Waals surface area (Å²) >= 11 is 13.5. The third-order valence-electron chi connectivity index (χ3n) is 9.68. The van der Waals surface area contributed by atoms with Gasteiger partial charge in [0.15, 0.2) is 23.0 Å². The summed E-state index contributed by atoms with van der Waals surface area (Å²) in [6, 6.07) is 15.8. The Balaban J connectivity index is 1.25. The zero-order valence-corrected chi connectivity index (χ0v) is 46.9. The van der Waals surface area contributed by atoms with Crippen molar-refractivity contribution in [2.45, 2.75) is 25.7 Å². The van der Waals surface area contributed by atoms with Crippen LogP contribution in [-0.4, -0.2) is 127 Å². The van der Waals surface area contributed by atoms with E-state index in [0.717, 1.165) is 0 Å². The lowest BCUT2D eigenvalue weighted by Crippen LogP contribution is -2.34. The summed E-state index contributed by atoms with van der Waals surface area (Å²) in [6.07, 6.45) is -0.325. The normalized spacial score (nSPS) is 18.6. The van der Waals surface area contributed by atoms with Gasteiger partial charge in [-0.25, -0.2) is 0 Å². The lowest BCUT2D eigenvalue weighted by atomic mass is 10.1. The molecule has 4 aromatic carbocycles. The van der Waals surface area contributed by atoms with Crippen molar-refractivity contribution < 1.29 is 59.7 Å². The molecule has 7 rings (SSSR count). The Bertz CT molecular complexity index is 2570. The van der Waals surface area contributed by atoms with Crippen molar-refractivity contribution in [3.63, 3.8) is 0 Å². The summed E-state index contributed by atoms with van der Waals surface area (Å²) in [7, 11) is 5.72. The Hall–Kier alpha value is -4.84. The van der Waals surface area contributed by atoms with Crippen LogP contribution in [0.3, 0.4) is 0 Å². The molecule has 72 heavy (non-hydrogen) atoms. The maximum absolute atomic E-state index is 13.0. The fourth-order valence-corrected chi connectivity index (χ4v) is 11.8. The van der Waals surface area contributed by atoms with Crippen LogP contribution in [0.25, 0.3) is 0 Å². The van der Waals surface area contributed by atoms with E-state index in [-0.39, 0.29) is 118 Å². The van der Waals surface area contributed by atoms with Gasteiger partial charge in [-0.2, -0.15) is 0 Å². The number of halogens is 4. The van der Waals surface area contributed by atoms with E-state index >= 15 is 0 Å². The van der Waals surface area contributed by atoms with Crippen LogP contribution >= 0.6 is 107 Å². The number of hydrogen-bond acceptors (Lipinski definition) is 20. The van der Waals surface area contributed by atoms with Crippen molar-refractivity contribution in [3.05, 3.63) is 101 Å². The number of phenolic OH excluding ortho intramolecular Hbond substituents is 2. The predicted octanol–water partition coefficient (Wildman–Crippen LogP) is 8.16. The number of hydrogen-bond donors (Lipinski definition) is 10. The van der Waals surface area contributed by atoms with E-state index in [2.05, 4.69) is 106 Å². The van der Waals surface area contributed by atoms with Gasteiger partial charge in [-0.05, 0) is 135 Å². The first-order chi connectivity index (χ1) is 34.6. The van der Waals surface area contributed by atoms with Gasteiger partial charge in [0.1, 0.15) is 34.3 Å². The van der Waals surface area contributed by atoms with E-state index in [0.29, 0.717) is 54.2 Å². The number of amides is 4. The fourth-order valence-electron chi connectivity index (χ4n) is 6.21. The Morgan fingerprint density at radius 1 is 0.403 bits per heavy atom. The molecular weight excluding hydrogens is 1280 g/mol. The summed E-state index contributed by atoms with van der Waals surface area (Å²) < 4.78 is 13.4. The van der Waals surface area contributed by atoms with Crippen LogP contribution in [0.15, 0.2) is 99.2 Å². The van der Waals surface area contributed by atoms with E-state index in [1.54, 1.807) is 48.5 Å². The number of oxime groups is 4. The largest absolute Gasteiger partial charge is 0.503 e. The number of nitrogens with zero attached hydrogens (tertiary/aromatic N) is 4. The molecular formula is C44H44Br4N8O12S4. The van der Waals surface area contributed by atoms with Gasteiger partial charge in [-0.1, -0.05) is 75.9 Å². The van der Waals surface area contributed by atoms with Gasteiger partial charge in [0.05, 0.1) is 17.9 Å². The highest BCUT2D eigenvalue weighted by atomic mass is 79.9. The third kappa shape index (κ3) is 17.7. The van der Waals surface area contributed by atoms with Crippen LogP contribution in [0.1, 0.15) is 22.3 Å². The summed E-state index contributed by atoms with van der Waals surface area (Å²) in [5, 5.41) is 84.1. The van der Waals surface area contributed by atoms with E-state index in [1.807, 2.05) is 0 Å². The van der Waals surface area contributed by atoms with Crippen molar-refractivity contribution >= 4 is 153 Å². The highest BCUT2D eigenvalue weighted by Crippen LogP contribution is 2.42. The molecule has 3 heterocycles. The predicted molar refractivity (Wildman–Crippen MR) is 294 cm³/mol. The van der Waals surface area contributed by atoms with Gasteiger partial charge in [-0.15, -0.1) is 0 Å². The van der Waals surface area contributed by atoms with E-state index in [1.165, 1.54) is 55.3 Å². The highest BCUT2D eigenvalue weighted by molar-refractivity contribution is 9.11. The second kappa shape index (κ2) is 29.8. The Morgan fingerprint density at radius 3 is 0.958 bits per heavy atom. The topological polar surface area (TPSA) is 306 Å². The van der Waals surface area contributed by atoms with Crippen LogP contribution in [0, 0.1) is 0 Å². The van der Waals surface area contributed by atoms with Crippen LogP contribution in [0.5, 0.6) is 34.5 Å². The number of rotatable bonds is 0. The molecule has 0 aliphatic carbocycles. The van der Waals surface area contributed by atoms with E-state index < -0.39 is 23.6 Å². The molecule has 0 saturated heterocycles. The SMILES string of the molecule is O=C1NCCSSCCNC(=O)C(=NO)Cc2ccc(c(Br)c2)Oc2cc(cc(Br)c2O)CC(=NO)C(=O)NCCSSCCNC(=O)C(=NO)Cc2cc(Br)c(O)c(c2)Oc2ccc(cc2Br)CC1=NO. The van der Waals surface area contributed by atoms with Gasteiger partial charge in [0.25, 0.3) is 23.6 Å². The Kier molecular flexibility index (Phi) is 24.0. The molecule has 0 atom stereocenters. The van der Waals surface area contributed by atoms with Crippen LogP contribution in [0.4, 0.5) is 0 Å². The fraction of sp³-hybridized carbons (Fsp3) is 0.273. The average Bonchev–Trinajstić information content (AvgIpc) is 3.36. The first-order valence-corrected chi connectivity index (χ1v) is 29.2. The minimum Gasteiger partial charge on any atom is -0.503 e. The molecule has 0 unspecified atom stereocenters. The summed E-state index contributed by atoms with van der Waals surface area (Å²) in [6.45, 7) is 0.925. The summed E-state index contributed by atoms with van der Waals surface area (Å²) in [5.41, 5.74) is 1.41. The number of benzene rings is 4. The van der Waals surface area contributed by atoms with Gasteiger partial charge < -0.3 is 61.8 Å². The second-order valence-corrected chi connectivity index (χ2v) is 23.6. The molecule has 384 valence electrons. The molecule has 0 fully saturated rings. The first kappa shape index (κ1) is 58.1. The molecule has 20 nitrogen and oxygen atoms in total. The smallest absolute Gasteiger partial charge is 0.269 e. The van der Waals surface area contributed by atoms with Gasteiger partial charge in [0, 0.05) is 74.9 Å². The summed E-state index contributed by atoms with van der Waals surface area (Å²) in [4.78, 5) is 51.7. The molecule has 0 aromatic heterocycles. The maximum Gasteiger partial charge on any atom is 0.269 e. The molecule has 28 heteroatoms.